The number of rotatable bonds is 10. The van der Waals surface area contributed by atoms with Crippen molar-refractivity contribution in [3.05, 3.63) is 23.9 Å². The van der Waals surface area contributed by atoms with Gasteiger partial charge in [-0.2, -0.15) is 0 Å². The molecule has 5 nitrogen and oxygen atoms in total. The van der Waals surface area contributed by atoms with Crippen LogP contribution in [-0.4, -0.2) is 30.5 Å². The van der Waals surface area contributed by atoms with Crippen LogP contribution in [-0.2, 0) is 11.3 Å². The number of aromatic nitrogens is 1. The third kappa shape index (κ3) is 7.09. The Labute approximate surface area is 127 Å². The predicted molar refractivity (Wildman–Crippen MR) is 87.1 cm³/mol. The lowest BCUT2D eigenvalue weighted by Gasteiger charge is -2.22. The minimum Gasteiger partial charge on any atom is -0.368 e. The molecule has 0 spiro atoms. The molecule has 1 heterocycles. The van der Waals surface area contributed by atoms with Gasteiger partial charge in [0.15, 0.2) is 0 Å². The average molecular weight is 292 g/mol. The molecule has 0 aliphatic heterocycles. The topological polar surface area (TPSA) is 71.2 Å². The van der Waals surface area contributed by atoms with Crippen molar-refractivity contribution in [1.82, 2.24) is 10.3 Å². The second-order valence-electron chi connectivity index (χ2n) is 5.79. The average Bonchev–Trinajstić information content (AvgIpc) is 2.43. The van der Waals surface area contributed by atoms with Crippen molar-refractivity contribution < 1.29 is 4.79 Å². The van der Waals surface area contributed by atoms with Gasteiger partial charge >= 0.3 is 0 Å². The molecule has 0 unspecified atom stereocenters. The fourth-order valence-corrected chi connectivity index (χ4v) is 2.03. The van der Waals surface area contributed by atoms with E-state index in [1.165, 1.54) is 0 Å². The van der Waals surface area contributed by atoms with E-state index in [1.807, 2.05) is 17.2 Å². The first kappa shape index (κ1) is 17.4. The fourth-order valence-electron chi connectivity index (χ4n) is 2.03. The summed E-state index contributed by atoms with van der Waals surface area (Å²) >= 11 is 0. The number of carbonyl (C=O) groups excluding carboxylic acids is 1. The Morgan fingerprint density at radius 3 is 2.71 bits per heavy atom. The summed E-state index contributed by atoms with van der Waals surface area (Å²) in [5.41, 5.74) is 6.46. The molecule has 0 aliphatic rings. The van der Waals surface area contributed by atoms with Crippen LogP contribution in [0.25, 0.3) is 0 Å². The Kier molecular flexibility index (Phi) is 7.75. The normalized spacial score (nSPS) is 10.9. The molecule has 3 N–H and O–H groups in total. The number of nitrogens with zero attached hydrogens (tertiary/aromatic N) is 2. The first-order chi connectivity index (χ1) is 10.0. The zero-order valence-electron chi connectivity index (χ0n) is 13.4. The highest BCUT2D eigenvalue weighted by Crippen LogP contribution is 2.12. The van der Waals surface area contributed by atoms with E-state index in [2.05, 4.69) is 37.1 Å². The molecule has 0 aliphatic carbocycles. The quantitative estimate of drug-likeness (QED) is 0.691. The maximum absolute atomic E-state index is 11.2. The molecule has 0 fully saturated rings. The number of amides is 1. The van der Waals surface area contributed by atoms with Gasteiger partial charge in [-0.15, -0.1) is 0 Å². The van der Waals surface area contributed by atoms with Gasteiger partial charge in [-0.3, -0.25) is 4.79 Å². The Bertz CT molecular complexity index is 417. The highest BCUT2D eigenvalue weighted by atomic mass is 16.1. The van der Waals surface area contributed by atoms with Crippen molar-refractivity contribution >= 4 is 11.7 Å². The lowest BCUT2D eigenvalue weighted by Crippen LogP contribution is -2.35. The van der Waals surface area contributed by atoms with E-state index in [0.29, 0.717) is 5.92 Å². The van der Waals surface area contributed by atoms with Gasteiger partial charge in [0.25, 0.3) is 0 Å². The molecule has 0 saturated heterocycles. The maximum Gasteiger partial charge on any atom is 0.236 e. The molecule has 0 bridgehead atoms. The van der Waals surface area contributed by atoms with Crippen LogP contribution in [0.3, 0.4) is 0 Å². The molecule has 118 valence electrons. The SMILES string of the molecule is CCCCN(CC(N)=O)c1ccc(CNCC(C)C)cn1. The van der Waals surface area contributed by atoms with Gasteiger partial charge in [0, 0.05) is 19.3 Å². The van der Waals surface area contributed by atoms with Crippen LogP contribution >= 0.6 is 0 Å². The third-order valence-corrected chi connectivity index (χ3v) is 3.14. The van der Waals surface area contributed by atoms with Gasteiger partial charge in [0.2, 0.25) is 5.91 Å². The largest absolute Gasteiger partial charge is 0.368 e. The molecule has 1 aromatic heterocycles. The van der Waals surface area contributed by atoms with E-state index in [0.717, 1.165) is 43.9 Å². The zero-order valence-corrected chi connectivity index (χ0v) is 13.4. The predicted octanol–water partition coefficient (Wildman–Crippen LogP) is 1.92. The molecule has 0 atom stereocenters. The summed E-state index contributed by atoms with van der Waals surface area (Å²) in [7, 11) is 0. The van der Waals surface area contributed by atoms with E-state index in [1.54, 1.807) is 0 Å². The molecule has 0 saturated carbocycles. The molecular weight excluding hydrogens is 264 g/mol. The van der Waals surface area contributed by atoms with Gasteiger partial charge in [-0.1, -0.05) is 33.3 Å². The van der Waals surface area contributed by atoms with Crippen LogP contribution in [0.15, 0.2) is 18.3 Å². The number of carbonyl (C=O) groups is 1. The van der Waals surface area contributed by atoms with Gasteiger partial charge in [0.1, 0.15) is 5.82 Å². The summed E-state index contributed by atoms with van der Waals surface area (Å²) in [5, 5.41) is 3.39. The van der Waals surface area contributed by atoms with E-state index < -0.39 is 0 Å². The Balaban J connectivity index is 2.61. The van der Waals surface area contributed by atoms with Crippen LogP contribution < -0.4 is 16.0 Å². The second kappa shape index (κ2) is 9.34. The summed E-state index contributed by atoms with van der Waals surface area (Å²) in [6, 6.07) is 4.01. The van der Waals surface area contributed by atoms with Crippen molar-refractivity contribution in [2.75, 3.05) is 24.5 Å². The van der Waals surface area contributed by atoms with Crippen molar-refractivity contribution in [1.29, 1.82) is 0 Å². The minimum absolute atomic E-state index is 0.220. The van der Waals surface area contributed by atoms with Gasteiger partial charge < -0.3 is 16.0 Å². The van der Waals surface area contributed by atoms with Gasteiger partial charge in [-0.25, -0.2) is 4.98 Å². The molecule has 1 rings (SSSR count). The van der Waals surface area contributed by atoms with Crippen LogP contribution in [0.4, 0.5) is 5.82 Å². The lowest BCUT2D eigenvalue weighted by molar-refractivity contribution is -0.116. The number of nitrogens with two attached hydrogens (primary N) is 1. The molecule has 1 aromatic rings. The standard InChI is InChI=1S/C16H28N4O/c1-4-5-8-20(12-15(17)21)16-7-6-14(11-19-16)10-18-9-13(2)3/h6-7,11,13,18H,4-5,8-10,12H2,1-3H3,(H2,17,21). The summed E-state index contributed by atoms with van der Waals surface area (Å²) < 4.78 is 0. The number of anilines is 1. The lowest BCUT2D eigenvalue weighted by atomic mass is 10.2. The molecular formula is C16H28N4O. The molecule has 5 heteroatoms. The molecule has 0 aromatic carbocycles. The highest BCUT2D eigenvalue weighted by Gasteiger charge is 2.10. The molecule has 1 amide bonds. The van der Waals surface area contributed by atoms with E-state index in [9.17, 15) is 4.79 Å². The summed E-state index contributed by atoms with van der Waals surface area (Å²) in [6.45, 7) is 9.32. The summed E-state index contributed by atoms with van der Waals surface area (Å²) in [5.74, 6) is 1.13. The van der Waals surface area contributed by atoms with Crippen LogP contribution in [0.5, 0.6) is 0 Å². The van der Waals surface area contributed by atoms with Crippen LogP contribution in [0, 0.1) is 5.92 Å². The van der Waals surface area contributed by atoms with Crippen molar-refractivity contribution in [2.24, 2.45) is 11.7 Å². The number of hydrogen-bond donors (Lipinski definition) is 2. The minimum atomic E-state index is -0.324. The number of pyridine rings is 1. The zero-order chi connectivity index (χ0) is 15.7. The van der Waals surface area contributed by atoms with Gasteiger partial charge in [-0.05, 0) is 30.5 Å². The number of hydrogen-bond acceptors (Lipinski definition) is 4. The van der Waals surface area contributed by atoms with Crippen molar-refractivity contribution in [3.63, 3.8) is 0 Å². The monoisotopic (exact) mass is 292 g/mol. The Morgan fingerprint density at radius 2 is 2.19 bits per heavy atom. The van der Waals surface area contributed by atoms with Crippen molar-refractivity contribution in [3.8, 4) is 0 Å². The molecule has 21 heavy (non-hydrogen) atoms. The maximum atomic E-state index is 11.2. The Hall–Kier alpha value is -1.62. The summed E-state index contributed by atoms with van der Waals surface area (Å²) in [6.07, 6.45) is 3.96. The van der Waals surface area contributed by atoms with E-state index >= 15 is 0 Å². The number of primary amides is 1. The number of unbranched alkanes of at least 4 members (excludes halogenated alkanes) is 1. The van der Waals surface area contributed by atoms with E-state index in [4.69, 9.17) is 5.73 Å². The highest BCUT2D eigenvalue weighted by molar-refractivity contribution is 5.79. The van der Waals surface area contributed by atoms with Crippen LogP contribution in [0.1, 0.15) is 39.2 Å². The van der Waals surface area contributed by atoms with Crippen molar-refractivity contribution in [2.45, 2.75) is 40.2 Å². The first-order valence-corrected chi connectivity index (χ1v) is 7.71. The van der Waals surface area contributed by atoms with Crippen LogP contribution in [0.2, 0.25) is 0 Å². The third-order valence-electron chi connectivity index (χ3n) is 3.14. The van der Waals surface area contributed by atoms with E-state index in [-0.39, 0.29) is 12.5 Å². The number of nitrogens with one attached hydrogen (secondary N) is 1. The Morgan fingerprint density at radius 1 is 1.43 bits per heavy atom. The van der Waals surface area contributed by atoms with Gasteiger partial charge in [0.05, 0.1) is 6.54 Å². The second-order valence-corrected chi connectivity index (χ2v) is 5.79. The molecule has 0 radical (unpaired) electrons. The first-order valence-electron chi connectivity index (χ1n) is 7.71. The summed E-state index contributed by atoms with van der Waals surface area (Å²) in [4.78, 5) is 17.6. The smallest absolute Gasteiger partial charge is 0.236 e. The fraction of sp³-hybridized carbons (Fsp3) is 0.625.